The summed E-state index contributed by atoms with van der Waals surface area (Å²) in [6.07, 6.45) is -3.79. The molecule has 2 saturated heterocycles. The van der Waals surface area contributed by atoms with Crippen LogP contribution in [0.25, 0.3) is 0 Å². The number of pyridine rings is 1. The second kappa shape index (κ2) is 7.80. The van der Waals surface area contributed by atoms with Gasteiger partial charge in [0.1, 0.15) is 0 Å². The summed E-state index contributed by atoms with van der Waals surface area (Å²) in [6, 6.07) is 6.74. The lowest BCUT2D eigenvalue weighted by Crippen LogP contribution is -2.48. The number of alkyl halides is 3. The zero-order valence-corrected chi connectivity index (χ0v) is 17.1. The first-order valence-electron chi connectivity index (χ1n) is 9.94. The van der Waals surface area contributed by atoms with Crippen LogP contribution in [-0.4, -0.2) is 41.4 Å². The molecule has 2 aliphatic heterocycles. The molecule has 3 heterocycles. The van der Waals surface area contributed by atoms with Crippen LogP contribution in [0.1, 0.15) is 29.5 Å². The molecule has 166 valence electrons. The second-order valence-electron chi connectivity index (χ2n) is 8.19. The van der Waals surface area contributed by atoms with Crippen LogP contribution in [0.3, 0.4) is 0 Å². The molecule has 1 amide bonds. The largest absolute Gasteiger partial charge is 0.481 e. The van der Waals surface area contributed by atoms with Crippen molar-refractivity contribution in [1.82, 2.24) is 4.98 Å². The van der Waals surface area contributed by atoms with Crippen molar-refractivity contribution in [3.63, 3.8) is 0 Å². The number of halogens is 3. The summed E-state index contributed by atoms with van der Waals surface area (Å²) >= 11 is 0. The van der Waals surface area contributed by atoms with Gasteiger partial charge in [0.2, 0.25) is 11.8 Å². The van der Waals surface area contributed by atoms with Gasteiger partial charge in [-0.3, -0.25) is 4.79 Å². The average molecular weight is 436 g/mol. The fourth-order valence-corrected chi connectivity index (χ4v) is 4.48. The number of aliphatic hydroxyl groups excluding tert-OH is 1. The molecule has 0 unspecified atom stereocenters. The van der Waals surface area contributed by atoms with E-state index in [-0.39, 0.29) is 18.5 Å². The highest BCUT2D eigenvalue weighted by Gasteiger charge is 2.60. The molecule has 9 heteroatoms. The quantitative estimate of drug-likeness (QED) is 0.750. The molecule has 1 aromatic carbocycles. The second-order valence-corrected chi connectivity index (χ2v) is 8.19. The number of aryl methyl sites for hydroxylation is 1. The predicted molar refractivity (Wildman–Crippen MR) is 106 cm³/mol. The molecule has 2 fully saturated rings. The van der Waals surface area contributed by atoms with Gasteiger partial charge in [0.05, 0.1) is 36.4 Å². The Morgan fingerprint density at radius 3 is 2.74 bits per heavy atom. The van der Waals surface area contributed by atoms with Crippen molar-refractivity contribution >= 4 is 11.6 Å². The van der Waals surface area contributed by atoms with E-state index in [0.717, 1.165) is 17.7 Å². The van der Waals surface area contributed by atoms with Crippen LogP contribution in [-0.2, 0) is 22.1 Å². The number of carbonyl (C=O) groups excluding carboxylic acids is 1. The summed E-state index contributed by atoms with van der Waals surface area (Å²) in [5, 5.41) is 12.8. The van der Waals surface area contributed by atoms with Crippen LogP contribution < -0.4 is 10.1 Å². The lowest BCUT2D eigenvalue weighted by molar-refractivity contribution is -0.137. The predicted octanol–water partition coefficient (Wildman–Crippen LogP) is 3.51. The molecular formula is C22H23F3N2O4. The topological polar surface area (TPSA) is 80.7 Å². The number of amides is 1. The van der Waals surface area contributed by atoms with Crippen LogP contribution in [0.4, 0.5) is 18.9 Å². The fraction of sp³-hybridized carbons (Fsp3) is 0.455. The van der Waals surface area contributed by atoms with Gasteiger partial charge < -0.3 is 19.9 Å². The van der Waals surface area contributed by atoms with Crippen LogP contribution in [0, 0.1) is 12.3 Å². The smallest absolute Gasteiger partial charge is 0.416 e. The van der Waals surface area contributed by atoms with E-state index in [4.69, 9.17) is 9.47 Å². The number of aliphatic hydroxyl groups is 1. The summed E-state index contributed by atoms with van der Waals surface area (Å²) in [6.45, 7) is 1.64. The summed E-state index contributed by atoms with van der Waals surface area (Å²) in [4.78, 5) is 17.6. The van der Waals surface area contributed by atoms with Crippen molar-refractivity contribution in [3.05, 3.63) is 53.2 Å². The molecular weight excluding hydrogens is 413 g/mol. The van der Waals surface area contributed by atoms with Crippen molar-refractivity contribution in [2.75, 3.05) is 12.4 Å². The number of methoxy groups -OCH3 is 1. The van der Waals surface area contributed by atoms with Gasteiger partial charge in [-0.25, -0.2) is 4.98 Å². The number of anilines is 1. The van der Waals surface area contributed by atoms with E-state index in [1.165, 1.54) is 13.2 Å². The monoisotopic (exact) mass is 436 g/mol. The summed E-state index contributed by atoms with van der Waals surface area (Å²) < 4.78 is 50.5. The van der Waals surface area contributed by atoms with Gasteiger partial charge in [0, 0.05) is 24.4 Å². The lowest BCUT2D eigenvalue weighted by atomic mass is 9.68. The number of ether oxygens (including phenoxy) is 2. The highest BCUT2D eigenvalue weighted by molar-refractivity contribution is 5.97. The Hall–Kier alpha value is -2.65. The molecule has 0 radical (unpaired) electrons. The van der Waals surface area contributed by atoms with Gasteiger partial charge in [0.15, 0.2) is 0 Å². The number of nitrogens with one attached hydrogen (secondary N) is 1. The molecule has 31 heavy (non-hydrogen) atoms. The van der Waals surface area contributed by atoms with Gasteiger partial charge in [-0.1, -0.05) is 6.07 Å². The molecule has 0 saturated carbocycles. The number of nitrogens with zero attached hydrogens (tertiary/aromatic N) is 1. The Balaban J connectivity index is 1.66. The molecule has 0 aliphatic carbocycles. The van der Waals surface area contributed by atoms with Gasteiger partial charge >= 0.3 is 6.18 Å². The minimum Gasteiger partial charge on any atom is -0.481 e. The van der Waals surface area contributed by atoms with Gasteiger partial charge in [-0.05, 0) is 49.1 Å². The van der Waals surface area contributed by atoms with Crippen molar-refractivity contribution in [2.24, 2.45) is 5.41 Å². The van der Waals surface area contributed by atoms with Gasteiger partial charge in [-0.15, -0.1) is 0 Å². The Bertz CT molecular complexity index is 995. The first-order valence-corrected chi connectivity index (χ1v) is 9.94. The normalized spacial score (nSPS) is 27.4. The molecule has 2 N–H and O–H groups in total. The fourth-order valence-electron chi connectivity index (χ4n) is 4.48. The molecule has 2 aliphatic rings. The SMILES string of the molecule is COc1cc(C[C@]2(C(=O)Nc3cc(C(F)(F)F)ccc3C)C[C@H]3O[C@@H]2C[C@@H]3O)ccn1. The third-order valence-corrected chi connectivity index (χ3v) is 6.20. The maximum atomic E-state index is 13.5. The van der Waals surface area contributed by atoms with E-state index in [1.54, 1.807) is 25.3 Å². The third kappa shape index (κ3) is 3.99. The van der Waals surface area contributed by atoms with Crippen molar-refractivity contribution in [3.8, 4) is 5.88 Å². The average Bonchev–Trinajstić information content (AvgIpc) is 3.26. The van der Waals surface area contributed by atoms with Gasteiger partial charge in [0.25, 0.3) is 0 Å². The Morgan fingerprint density at radius 1 is 1.35 bits per heavy atom. The summed E-state index contributed by atoms with van der Waals surface area (Å²) in [7, 11) is 1.49. The van der Waals surface area contributed by atoms with Crippen LogP contribution in [0.2, 0.25) is 0 Å². The highest BCUT2D eigenvalue weighted by Crippen LogP contribution is 2.50. The molecule has 2 aromatic rings. The molecule has 4 atom stereocenters. The number of hydrogen-bond donors (Lipinski definition) is 2. The van der Waals surface area contributed by atoms with E-state index < -0.39 is 41.4 Å². The Morgan fingerprint density at radius 2 is 2.13 bits per heavy atom. The molecule has 0 spiro atoms. The lowest BCUT2D eigenvalue weighted by Gasteiger charge is -2.35. The standard InChI is InChI=1S/C22H23F3N2O4/c1-12-3-4-14(22(23,24)25)8-15(12)27-20(29)21(11-17-16(28)9-18(21)31-17)10-13-5-6-26-19(7-13)30-2/h3-8,16-18,28H,9-11H2,1-2H3,(H,27,29)/t16-,17+,18+,21-/m0/s1. The van der Waals surface area contributed by atoms with Crippen molar-refractivity contribution in [1.29, 1.82) is 0 Å². The Kier molecular flexibility index (Phi) is 5.43. The number of hydrogen-bond acceptors (Lipinski definition) is 5. The maximum Gasteiger partial charge on any atom is 0.416 e. The Labute approximate surface area is 177 Å². The van der Waals surface area contributed by atoms with E-state index in [1.807, 2.05) is 0 Å². The van der Waals surface area contributed by atoms with Crippen LogP contribution >= 0.6 is 0 Å². The van der Waals surface area contributed by atoms with E-state index >= 15 is 0 Å². The molecule has 6 nitrogen and oxygen atoms in total. The van der Waals surface area contributed by atoms with E-state index in [2.05, 4.69) is 10.3 Å². The van der Waals surface area contributed by atoms with Gasteiger partial charge in [-0.2, -0.15) is 13.2 Å². The van der Waals surface area contributed by atoms with E-state index in [0.29, 0.717) is 17.9 Å². The summed E-state index contributed by atoms with van der Waals surface area (Å²) in [5.74, 6) is -0.0315. The zero-order valence-electron chi connectivity index (χ0n) is 17.1. The zero-order chi connectivity index (χ0) is 22.4. The number of aromatic nitrogens is 1. The minimum atomic E-state index is -4.52. The summed E-state index contributed by atoms with van der Waals surface area (Å²) in [5.41, 5.74) is -0.452. The maximum absolute atomic E-state index is 13.5. The first kappa shape index (κ1) is 21.6. The molecule has 1 aromatic heterocycles. The minimum absolute atomic E-state index is 0.106. The van der Waals surface area contributed by atoms with Crippen LogP contribution in [0.15, 0.2) is 36.5 Å². The van der Waals surface area contributed by atoms with E-state index in [9.17, 15) is 23.1 Å². The number of fused-ring (bicyclic) bond motifs is 2. The first-order chi connectivity index (χ1) is 14.6. The van der Waals surface area contributed by atoms with Crippen LogP contribution in [0.5, 0.6) is 5.88 Å². The third-order valence-electron chi connectivity index (χ3n) is 6.20. The van der Waals surface area contributed by atoms with Crippen molar-refractivity contribution in [2.45, 2.75) is 50.7 Å². The van der Waals surface area contributed by atoms with Crippen molar-refractivity contribution < 1.29 is 32.5 Å². The number of carbonyl (C=O) groups is 1. The molecule has 4 rings (SSSR count). The number of benzene rings is 1. The highest BCUT2D eigenvalue weighted by atomic mass is 19.4. The number of rotatable bonds is 5. The molecule has 2 bridgehead atoms.